The molecular weight excluding hydrogens is 439 g/mol. The van der Waals surface area contributed by atoms with Crippen LogP contribution in [0, 0.1) is 11.7 Å². The molecule has 2 fully saturated rings. The number of anilines is 1. The van der Waals surface area contributed by atoms with Gasteiger partial charge in [0.25, 0.3) is 0 Å². The molecule has 0 bridgehead atoms. The first-order valence-electron chi connectivity index (χ1n) is 11.8. The molecule has 1 amide bonds. The van der Waals surface area contributed by atoms with Gasteiger partial charge < -0.3 is 9.80 Å². The van der Waals surface area contributed by atoms with Gasteiger partial charge in [-0.25, -0.2) is 4.39 Å². The molecule has 2 aliphatic rings. The molecule has 0 spiro atoms. The van der Waals surface area contributed by atoms with Crippen molar-refractivity contribution < 1.29 is 14.0 Å². The third kappa shape index (κ3) is 5.64. The minimum atomic E-state index is -0.480. The minimum absolute atomic E-state index is 0.00698. The van der Waals surface area contributed by atoms with Crippen molar-refractivity contribution in [3.05, 3.63) is 64.4 Å². The normalized spacial score (nSPS) is 23.4. The highest BCUT2D eigenvalue weighted by Crippen LogP contribution is 2.37. The molecule has 6 heteroatoms. The summed E-state index contributed by atoms with van der Waals surface area (Å²) in [6, 6.07) is 13.4. The maximum atomic E-state index is 14.0. The molecule has 1 aliphatic heterocycles. The summed E-state index contributed by atoms with van der Waals surface area (Å²) in [4.78, 5) is 29.9. The van der Waals surface area contributed by atoms with Gasteiger partial charge in [0, 0.05) is 42.1 Å². The van der Waals surface area contributed by atoms with Gasteiger partial charge in [0.15, 0.2) is 0 Å². The van der Waals surface area contributed by atoms with Crippen molar-refractivity contribution in [3.8, 4) is 0 Å². The Bertz CT molecular complexity index is 1010. The second kappa shape index (κ2) is 10.4. The van der Waals surface area contributed by atoms with E-state index in [1.807, 2.05) is 17.0 Å². The number of amides is 1. The smallest absolute Gasteiger partial charge is 0.230 e. The van der Waals surface area contributed by atoms with E-state index in [0.717, 1.165) is 12.1 Å². The number of benzene rings is 2. The summed E-state index contributed by atoms with van der Waals surface area (Å²) in [6.07, 6.45) is 5.26. The highest BCUT2D eigenvalue weighted by molar-refractivity contribution is 6.30. The van der Waals surface area contributed by atoms with Gasteiger partial charge in [-0.05, 0) is 87.5 Å². The number of hydrogen-bond acceptors (Lipinski definition) is 3. The molecule has 176 valence electrons. The zero-order valence-corrected chi connectivity index (χ0v) is 20.2. The predicted molar refractivity (Wildman–Crippen MR) is 130 cm³/mol. The topological polar surface area (TPSA) is 40.6 Å². The minimum Gasteiger partial charge on any atom is -0.312 e. The van der Waals surface area contributed by atoms with E-state index < -0.39 is 5.82 Å². The third-order valence-corrected chi connectivity index (χ3v) is 7.47. The van der Waals surface area contributed by atoms with Crippen LogP contribution in [-0.4, -0.2) is 43.3 Å². The molecule has 0 aromatic heterocycles. The molecule has 2 aromatic carbocycles. The van der Waals surface area contributed by atoms with Gasteiger partial charge in [-0.15, -0.1) is 0 Å². The van der Waals surface area contributed by atoms with E-state index >= 15 is 0 Å². The van der Waals surface area contributed by atoms with Crippen LogP contribution in [0.2, 0.25) is 5.02 Å². The quantitative estimate of drug-likeness (QED) is 0.527. The van der Waals surface area contributed by atoms with E-state index in [2.05, 4.69) is 31.1 Å². The van der Waals surface area contributed by atoms with E-state index in [9.17, 15) is 14.0 Å². The lowest BCUT2D eigenvalue weighted by Gasteiger charge is -2.32. The van der Waals surface area contributed by atoms with Crippen LogP contribution >= 0.6 is 11.6 Å². The number of hydrogen-bond donors (Lipinski definition) is 0. The molecule has 3 atom stereocenters. The van der Waals surface area contributed by atoms with E-state index in [1.54, 1.807) is 6.07 Å². The summed E-state index contributed by atoms with van der Waals surface area (Å²) in [5.74, 6) is -0.387. The Labute approximate surface area is 200 Å². The number of nitrogens with zero attached hydrogens (tertiary/aromatic N) is 2. The SMILES string of the molecule is CN(C)C1CCC(c2ccc(N3CCC[C@@H](CC(=O)Cc4ccc(Cl)cc4F)C3=O)cc2)C1. The fourth-order valence-corrected chi connectivity index (χ4v) is 5.43. The fraction of sp³-hybridized carbons (Fsp3) is 0.481. The average molecular weight is 471 g/mol. The number of Topliss-reactive ketones (excluding diaryl/α,β-unsaturated/α-hetero) is 1. The molecular formula is C27H32ClFN2O2. The van der Waals surface area contributed by atoms with Crippen LogP contribution in [-0.2, 0) is 16.0 Å². The van der Waals surface area contributed by atoms with Crippen molar-refractivity contribution in [3.63, 3.8) is 0 Å². The predicted octanol–water partition coefficient (Wildman–Crippen LogP) is 5.62. The number of ketones is 1. The summed E-state index contributed by atoms with van der Waals surface area (Å²) in [5, 5.41) is 0.304. The number of piperidine rings is 1. The van der Waals surface area contributed by atoms with Crippen molar-refractivity contribution in [1.82, 2.24) is 4.90 Å². The third-order valence-electron chi connectivity index (χ3n) is 7.24. The molecule has 1 saturated heterocycles. The molecule has 4 nitrogen and oxygen atoms in total. The van der Waals surface area contributed by atoms with Crippen molar-refractivity contribution in [1.29, 1.82) is 0 Å². The van der Waals surface area contributed by atoms with Gasteiger partial charge in [-0.3, -0.25) is 9.59 Å². The summed E-state index contributed by atoms with van der Waals surface area (Å²) in [5.41, 5.74) is 2.56. The van der Waals surface area contributed by atoms with Gasteiger partial charge >= 0.3 is 0 Å². The van der Waals surface area contributed by atoms with Crippen LogP contribution in [0.1, 0.15) is 55.6 Å². The van der Waals surface area contributed by atoms with Crippen LogP contribution in [0.4, 0.5) is 10.1 Å². The van der Waals surface area contributed by atoms with Gasteiger partial charge in [-0.2, -0.15) is 0 Å². The molecule has 2 aromatic rings. The Balaban J connectivity index is 1.37. The van der Waals surface area contributed by atoms with E-state index in [-0.39, 0.29) is 30.4 Å². The number of carbonyl (C=O) groups is 2. The molecule has 1 aliphatic carbocycles. The lowest BCUT2D eigenvalue weighted by molar-refractivity contribution is -0.128. The first kappa shape index (κ1) is 23.9. The highest BCUT2D eigenvalue weighted by Gasteiger charge is 2.32. The second-order valence-corrected chi connectivity index (χ2v) is 10.1. The Hall–Kier alpha value is -2.24. The van der Waals surface area contributed by atoms with Crippen molar-refractivity contribution >= 4 is 29.0 Å². The average Bonchev–Trinajstić information content (AvgIpc) is 3.28. The molecule has 1 saturated carbocycles. The Kier molecular flexibility index (Phi) is 7.50. The first-order valence-corrected chi connectivity index (χ1v) is 12.2. The molecule has 4 rings (SSSR count). The van der Waals surface area contributed by atoms with E-state index in [0.29, 0.717) is 35.5 Å². The Morgan fingerprint density at radius 1 is 1.12 bits per heavy atom. The lowest BCUT2D eigenvalue weighted by atomic mass is 9.89. The van der Waals surface area contributed by atoms with E-state index in [1.165, 1.54) is 37.0 Å². The Morgan fingerprint density at radius 3 is 2.55 bits per heavy atom. The van der Waals surface area contributed by atoms with Crippen molar-refractivity contribution in [2.75, 3.05) is 25.5 Å². The number of halogens is 2. The molecule has 0 N–H and O–H groups in total. The van der Waals surface area contributed by atoms with Crippen LogP contribution < -0.4 is 4.90 Å². The van der Waals surface area contributed by atoms with Gasteiger partial charge in [0.05, 0.1) is 0 Å². The molecule has 2 unspecified atom stereocenters. The molecule has 0 radical (unpaired) electrons. The van der Waals surface area contributed by atoms with Gasteiger partial charge in [0.1, 0.15) is 11.6 Å². The summed E-state index contributed by atoms with van der Waals surface area (Å²) in [7, 11) is 4.29. The zero-order valence-electron chi connectivity index (χ0n) is 19.4. The standard InChI is InChI=1S/C27H32ClFN2O2/c1-30(2)24-12-8-19(14-24)18-6-10-23(11-7-18)31-13-3-4-21(27(31)33)16-25(32)15-20-5-9-22(28)17-26(20)29/h5-7,9-11,17,19,21,24H,3-4,8,12-16H2,1-2H3/t19?,21-,24?/m0/s1. The zero-order chi connectivity index (χ0) is 23.5. The van der Waals surface area contributed by atoms with Crippen LogP contribution in [0.25, 0.3) is 0 Å². The second-order valence-electron chi connectivity index (χ2n) is 9.70. The van der Waals surface area contributed by atoms with Gasteiger partial charge in [0.2, 0.25) is 5.91 Å². The first-order chi connectivity index (χ1) is 15.8. The van der Waals surface area contributed by atoms with Crippen LogP contribution in [0.15, 0.2) is 42.5 Å². The van der Waals surface area contributed by atoms with Crippen molar-refractivity contribution in [2.24, 2.45) is 5.92 Å². The van der Waals surface area contributed by atoms with Crippen LogP contribution in [0.3, 0.4) is 0 Å². The van der Waals surface area contributed by atoms with Crippen molar-refractivity contribution in [2.45, 2.75) is 56.9 Å². The summed E-state index contributed by atoms with van der Waals surface area (Å²) < 4.78 is 14.0. The van der Waals surface area contributed by atoms with Gasteiger partial charge in [-0.1, -0.05) is 29.8 Å². The summed E-state index contributed by atoms with van der Waals surface area (Å²) >= 11 is 5.79. The number of carbonyl (C=O) groups excluding carboxylic acids is 2. The fourth-order valence-electron chi connectivity index (χ4n) is 5.28. The maximum Gasteiger partial charge on any atom is 0.230 e. The molecule has 33 heavy (non-hydrogen) atoms. The number of rotatable bonds is 7. The summed E-state index contributed by atoms with van der Waals surface area (Å²) in [6.45, 7) is 0.667. The Morgan fingerprint density at radius 2 is 1.88 bits per heavy atom. The maximum absolute atomic E-state index is 14.0. The van der Waals surface area contributed by atoms with E-state index in [4.69, 9.17) is 11.6 Å². The largest absolute Gasteiger partial charge is 0.312 e. The highest BCUT2D eigenvalue weighted by atomic mass is 35.5. The molecule has 1 heterocycles. The lowest BCUT2D eigenvalue weighted by Crippen LogP contribution is -2.42. The van der Waals surface area contributed by atoms with Crippen LogP contribution in [0.5, 0.6) is 0 Å². The monoisotopic (exact) mass is 470 g/mol.